The molecule has 0 radical (unpaired) electrons. The average Bonchev–Trinajstić information content (AvgIpc) is 2.32. The standard InChI is InChI=1S/C14H21N3O.ClH/c1-11-5-2-3-7-13(11)16-14(18)10-17-8-4-6-12(15)9-17;/h2-3,5,7,12H,4,6,8-10,15H2,1H3,(H,16,18);1H/t12-;/m1./s1. The van der Waals surface area contributed by atoms with Crippen molar-refractivity contribution < 1.29 is 4.79 Å². The third-order valence-electron chi connectivity index (χ3n) is 3.33. The maximum atomic E-state index is 11.9. The zero-order valence-corrected chi connectivity index (χ0v) is 12.1. The molecule has 0 saturated carbocycles. The number of anilines is 1. The first-order valence-corrected chi connectivity index (χ1v) is 6.48. The van der Waals surface area contributed by atoms with Crippen LogP contribution in [0, 0.1) is 6.92 Å². The summed E-state index contributed by atoms with van der Waals surface area (Å²) in [4.78, 5) is 14.1. The molecule has 1 aromatic rings. The number of nitrogens with one attached hydrogen (secondary N) is 1. The Morgan fingerprint density at radius 3 is 2.89 bits per heavy atom. The molecule has 1 saturated heterocycles. The fourth-order valence-electron chi connectivity index (χ4n) is 2.34. The predicted octanol–water partition coefficient (Wildman–Crippen LogP) is 1.78. The van der Waals surface area contributed by atoms with Gasteiger partial charge in [-0.05, 0) is 37.9 Å². The molecule has 0 aromatic heterocycles. The van der Waals surface area contributed by atoms with Crippen LogP contribution < -0.4 is 11.1 Å². The van der Waals surface area contributed by atoms with Gasteiger partial charge in [0, 0.05) is 18.3 Å². The molecule has 19 heavy (non-hydrogen) atoms. The number of aryl methyl sites for hydroxylation is 1. The second kappa shape index (κ2) is 7.48. The van der Waals surface area contributed by atoms with Crippen LogP contribution in [0.5, 0.6) is 0 Å². The van der Waals surface area contributed by atoms with E-state index in [1.54, 1.807) is 0 Å². The molecule has 0 bridgehead atoms. The van der Waals surface area contributed by atoms with E-state index >= 15 is 0 Å². The first-order valence-electron chi connectivity index (χ1n) is 6.48. The summed E-state index contributed by atoms with van der Waals surface area (Å²) in [5.41, 5.74) is 7.88. The number of amides is 1. The number of hydrogen-bond donors (Lipinski definition) is 2. The minimum atomic E-state index is 0. The highest BCUT2D eigenvalue weighted by molar-refractivity contribution is 5.92. The molecule has 3 N–H and O–H groups in total. The highest BCUT2D eigenvalue weighted by atomic mass is 35.5. The molecule has 1 amide bonds. The van der Waals surface area contributed by atoms with Crippen molar-refractivity contribution in [3.63, 3.8) is 0 Å². The smallest absolute Gasteiger partial charge is 0.238 e. The lowest BCUT2D eigenvalue weighted by Crippen LogP contribution is -2.45. The summed E-state index contributed by atoms with van der Waals surface area (Å²) in [5.74, 6) is 0.0402. The Hall–Kier alpha value is -1.10. The van der Waals surface area contributed by atoms with Crippen LogP contribution in [0.25, 0.3) is 0 Å². The second-order valence-electron chi connectivity index (χ2n) is 5.00. The lowest BCUT2D eigenvalue weighted by atomic mass is 10.1. The summed E-state index contributed by atoms with van der Waals surface area (Å²) < 4.78 is 0. The van der Waals surface area contributed by atoms with Crippen molar-refractivity contribution in [2.45, 2.75) is 25.8 Å². The number of carbonyl (C=O) groups is 1. The molecular weight excluding hydrogens is 262 g/mol. The van der Waals surface area contributed by atoms with Crippen molar-refractivity contribution in [3.8, 4) is 0 Å². The number of nitrogens with zero attached hydrogens (tertiary/aromatic N) is 1. The van der Waals surface area contributed by atoms with E-state index in [2.05, 4.69) is 10.2 Å². The summed E-state index contributed by atoms with van der Waals surface area (Å²) >= 11 is 0. The minimum Gasteiger partial charge on any atom is -0.327 e. The number of rotatable bonds is 3. The van der Waals surface area contributed by atoms with Gasteiger partial charge in [-0.15, -0.1) is 12.4 Å². The lowest BCUT2D eigenvalue weighted by Gasteiger charge is -2.30. The summed E-state index contributed by atoms with van der Waals surface area (Å²) in [6.07, 6.45) is 2.15. The predicted molar refractivity (Wildman–Crippen MR) is 80.7 cm³/mol. The number of piperidine rings is 1. The Labute approximate surface area is 120 Å². The van der Waals surface area contributed by atoms with Gasteiger partial charge in [-0.1, -0.05) is 18.2 Å². The van der Waals surface area contributed by atoms with Gasteiger partial charge in [0.05, 0.1) is 6.54 Å². The van der Waals surface area contributed by atoms with Crippen molar-refractivity contribution >= 4 is 24.0 Å². The Balaban J connectivity index is 0.00000180. The van der Waals surface area contributed by atoms with Crippen LogP contribution in [0.2, 0.25) is 0 Å². The van der Waals surface area contributed by atoms with E-state index in [4.69, 9.17) is 5.73 Å². The van der Waals surface area contributed by atoms with E-state index in [-0.39, 0.29) is 24.4 Å². The Kier molecular flexibility index (Phi) is 6.28. The van der Waals surface area contributed by atoms with Crippen LogP contribution in [0.3, 0.4) is 0 Å². The number of carbonyl (C=O) groups excluding carboxylic acids is 1. The SMILES string of the molecule is Cc1ccccc1NC(=O)CN1CCC[C@@H](N)C1.Cl. The summed E-state index contributed by atoms with van der Waals surface area (Å²) in [7, 11) is 0. The monoisotopic (exact) mass is 283 g/mol. The molecular formula is C14H22ClN3O. The molecule has 4 nitrogen and oxygen atoms in total. The topological polar surface area (TPSA) is 58.4 Å². The maximum Gasteiger partial charge on any atom is 0.238 e. The van der Waals surface area contributed by atoms with Crippen molar-refractivity contribution in [1.29, 1.82) is 0 Å². The van der Waals surface area contributed by atoms with Crippen LogP contribution in [0.15, 0.2) is 24.3 Å². The molecule has 5 heteroatoms. The van der Waals surface area contributed by atoms with Gasteiger partial charge >= 0.3 is 0 Å². The molecule has 0 unspecified atom stereocenters. The Morgan fingerprint density at radius 1 is 1.47 bits per heavy atom. The molecule has 1 fully saturated rings. The van der Waals surface area contributed by atoms with Gasteiger partial charge in [0.25, 0.3) is 0 Å². The summed E-state index contributed by atoms with van der Waals surface area (Å²) in [5, 5.41) is 2.95. The first kappa shape index (κ1) is 16.0. The maximum absolute atomic E-state index is 11.9. The quantitative estimate of drug-likeness (QED) is 0.889. The third kappa shape index (κ3) is 4.82. The zero-order valence-electron chi connectivity index (χ0n) is 11.3. The molecule has 1 atom stereocenters. The van der Waals surface area contributed by atoms with Crippen LogP contribution in [0.1, 0.15) is 18.4 Å². The molecule has 1 heterocycles. The van der Waals surface area contributed by atoms with Gasteiger partial charge in [0.15, 0.2) is 0 Å². The Bertz CT molecular complexity index is 425. The second-order valence-corrected chi connectivity index (χ2v) is 5.00. The average molecular weight is 284 g/mol. The van der Waals surface area contributed by atoms with Crippen molar-refractivity contribution in [1.82, 2.24) is 4.90 Å². The fourth-order valence-corrected chi connectivity index (χ4v) is 2.34. The largest absolute Gasteiger partial charge is 0.327 e. The van der Waals surface area contributed by atoms with E-state index in [0.29, 0.717) is 6.54 Å². The van der Waals surface area contributed by atoms with Gasteiger partial charge < -0.3 is 11.1 Å². The zero-order chi connectivity index (χ0) is 13.0. The number of halogens is 1. The molecule has 1 aliphatic rings. The highest BCUT2D eigenvalue weighted by Gasteiger charge is 2.18. The van der Waals surface area contributed by atoms with Crippen LogP contribution in [-0.4, -0.2) is 36.5 Å². The molecule has 106 valence electrons. The summed E-state index contributed by atoms with van der Waals surface area (Å²) in [6.45, 7) is 4.21. The van der Waals surface area contributed by atoms with Crippen LogP contribution in [0.4, 0.5) is 5.69 Å². The fraction of sp³-hybridized carbons (Fsp3) is 0.500. The first-order chi connectivity index (χ1) is 8.65. The van der Waals surface area contributed by atoms with Crippen LogP contribution in [-0.2, 0) is 4.79 Å². The van der Waals surface area contributed by atoms with Gasteiger partial charge in [-0.3, -0.25) is 9.69 Å². The Morgan fingerprint density at radius 2 is 2.21 bits per heavy atom. The van der Waals surface area contributed by atoms with E-state index in [1.165, 1.54) is 0 Å². The van der Waals surface area contributed by atoms with E-state index in [9.17, 15) is 4.79 Å². The molecule has 0 aliphatic carbocycles. The normalized spacial score (nSPS) is 19.6. The van der Waals surface area contributed by atoms with Crippen molar-refractivity contribution in [2.24, 2.45) is 5.73 Å². The van der Waals surface area contributed by atoms with Gasteiger partial charge in [-0.2, -0.15) is 0 Å². The number of nitrogens with two attached hydrogens (primary N) is 1. The lowest BCUT2D eigenvalue weighted by molar-refractivity contribution is -0.117. The van der Waals surface area contributed by atoms with Crippen LogP contribution >= 0.6 is 12.4 Å². The van der Waals surface area contributed by atoms with E-state index in [0.717, 1.165) is 37.2 Å². The number of benzene rings is 1. The molecule has 2 rings (SSSR count). The number of hydrogen-bond acceptors (Lipinski definition) is 3. The third-order valence-corrected chi connectivity index (χ3v) is 3.33. The molecule has 0 spiro atoms. The molecule has 1 aliphatic heterocycles. The van der Waals surface area contributed by atoms with Crippen molar-refractivity contribution in [2.75, 3.05) is 25.0 Å². The molecule has 1 aromatic carbocycles. The number of likely N-dealkylation sites (tertiary alicyclic amines) is 1. The van der Waals surface area contributed by atoms with Gasteiger partial charge in [0.1, 0.15) is 0 Å². The number of para-hydroxylation sites is 1. The van der Waals surface area contributed by atoms with Gasteiger partial charge in [-0.25, -0.2) is 0 Å². The van der Waals surface area contributed by atoms with E-state index < -0.39 is 0 Å². The minimum absolute atomic E-state index is 0. The highest BCUT2D eigenvalue weighted by Crippen LogP contribution is 2.13. The van der Waals surface area contributed by atoms with E-state index in [1.807, 2.05) is 31.2 Å². The van der Waals surface area contributed by atoms with Crippen molar-refractivity contribution in [3.05, 3.63) is 29.8 Å². The van der Waals surface area contributed by atoms with Gasteiger partial charge in [0.2, 0.25) is 5.91 Å². The summed E-state index contributed by atoms with van der Waals surface area (Å²) in [6, 6.07) is 8.03.